The third kappa shape index (κ3) is 7.18. The number of ether oxygens (including phenoxy) is 3. The minimum atomic E-state index is -0.544. The summed E-state index contributed by atoms with van der Waals surface area (Å²) in [7, 11) is 0. The zero-order valence-electron chi connectivity index (χ0n) is 20.7. The molecular weight excluding hydrogens is 462 g/mol. The molecule has 0 saturated heterocycles. The van der Waals surface area contributed by atoms with Gasteiger partial charge in [-0.25, -0.2) is 24.5 Å². The van der Waals surface area contributed by atoms with Gasteiger partial charge in [0.25, 0.3) is 0 Å². The number of esters is 2. The molecule has 0 saturated carbocycles. The summed E-state index contributed by atoms with van der Waals surface area (Å²) in [4.78, 5) is 50.0. The molecule has 0 aliphatic rings. The maximum absolute atomic E-state index is 12.2. The third-order valence-corrected chi connectivity index (χ3v) is 5.00. The molecule has 3 aromatic heterocycles. The molecular formula is C27H29N3O6. The lowest BCUT2D eigenvalue weighted by atomic mass is 10.1. The quantitative estimate of drug-likeness (QED) is 0.332. The molecule has 0 unspecified atom stereocenters. The Kier molecular flexibility index (Phi) is 9.62. The van der Waals surface area contributed by atoms with Crippen molar-refractivity contribution in [2.45, 2.75) is 40.0 Å². The first-order chi connectivity index (χ1) is 17.4. The van der Waals surface area contributed by atoms with E-state index < -0.39 is 11.9 Å². The summed E-state index contributed by atoms with van der Waals surface area (Å²) < 4.78 is 15.9. The van der Waals surface area contributed by atoms with Gasteiger partial charge < -0.3 is 14.2 Å². The Balaban J connectivity index is 2.01. The van der Waals surface area contributed by atoms with Crippen molar-refractivity contribution in [2.75, 3.05) is 19.8 Å². The molecule has 0 fully saturated rings. The molecule has 0 aliphatic carbocycles. The minimum absolute atomic E-state index is 0.0124. The molecule has 3 aromatic rings. The average molecular weight is 492 g/mol. The molecule has 0 aliphatic heterocycles. The lowest BCUT2D eigenvalue weighted by Gasteiger charge is -2.11. The number of Topliss-reactive ketones (excluding diaryl/α,β-unsaturated/α-hetero) is 1. The average Bonchev–Trinajstić information content (AvgIpc) is 2.91. The number of aromatic nitrogens is 3. The van der Waals surface area contributed by atoms with Crippen LogP contribution in [0.4, 0.5) is 0 Å². The first kappa shape index (κ1) is 26.5. The Labute approximate surface area is 209 Å². The Hall–Kier alpha value is -4.14. The molecule has 0 amide bonds. The number of rotatable bonds is 12. The summed E-state index contributed by atoms with van der Waals surface area (Å²) in [6, 6.07) is 13.2. The second-order valence-electron chi connectivity index (χ2n) is 7.76. The van der Waals surface area contributed by atoms with E-state index in [9.17, 15) is 14.4 Å². The number of unbranched alkanes of at least 4 members (excludes halogenated alkanes) is 1. The van der Waals surface area contributed by atoms with Gasteiger partial charge in [0, 0.05) is 18.6 Å². The van der Waals surface area contributed by atoms with Crippen LogP contribution in [0.5, 0.6) is 5.75 Å². The van der Waals surface area contributed by atoms with E-state index in [-0.39, 0.29) is 37.0 Å². The van der Waals surface area contributed by atoms with Crippen LogP contribution in [-0.4, -0.2) is 52.5 Å². The second-order valence-corrected chi connectivity index (χ2v) is 7.76. The van der Waals surface area contributed by atoms with Gasteiger partial charge in [-0.1, -0.05) is 25.5 Å². The number of carbonyl (C=O) groups excluding carboxylic acids is 3. The third-order valence-electron chi connectivity index (χ3n) is 5.00. The fourth-order valence-electron chi connectivity index (χ4n) is 3.25. The molecule has 36 heavy (non-hydrogen) atoms. The molecule has 0 spiro atoms. The Morgan fingerprint density at radius 2 is 1.25 bits per heavy atom. The fraction of sp³-hybridized carbons (Fsp3) is 0.333. The highest BCUT2D eigenvalue weighted by atomic mass is 16.5. The Morgan fingerprint density at radius 3 is 1.72 bits per heavy atom. The molecule has 188 valence electrons. The molecule has 0 radical (unpaired) electrons. The summed E-state index contributed by atoms with van der Waals surface area (Å²) in [5.74, 6) is -0.720. The summed E-state index contributed by atoms with van der Waals surface area (Å²) in [6.45, 7) is 5.82. The number of carbonyl (C=O) groups is 3. The number of hydrogen-bond donors (Lipinski definition) is 0. The first-order valence-corrected chi connectivity index (χ1v) is 11.9. The topological polar surface area (TPSA) is 118 Å². The number of pyridine rings is 3. The van der Waals surface area contributed by atoms with E-state index in [2.05, 4.69) is 15.0 Å². The van der Waals surface area contributed by atoms with Crippen molar-refractivity contribution in [1.29, 1.82) is 0 Å². The minimum Gasteiger partial charge on any atom is -0.486 e. The van der Waals surface area contributed by atoms with Crippen LogP contribution >= 0.6 is 0 Å². The van der Waals surface area contributed by atoms with E-state index >= 15 is 0 Å². The maximum Gasteiger partial charge on any atom is 0.356 e. The zero-order chi connectivity index (χ0) is 25.9. The summed E-state index contributed by atoms with van der Waals surface area (Å²) in [5, 5.41) is 0. The maximum atomic E-state index is 12.2. The van der Waals surface area contributed by atoms with E-state index in [0.717, 1.165) is 12.8 Å². The van der Waals surface area contributed by atoms with Crippen molar-refractivity contribution in [3.63, 3.8) is 0 Å². The van der Waals surface area contributed by atoms with Gasteiger partial charge in [0.1, 0.15) is 23.7 Å². The number of nitrogens with zero attached hydrogens (tertiary/aromatic N) is 3. The van der Waals surface area contributed by atoms with E-state index in [1.54, 1.807) is 62.4 Å². The monoisotopic (exact) mass is 491 g/mol. The van der Waals surface area contributed by atoms with Gasteiger partial charge >= 0.3 is 11.9 Å². The highest BCUT2D eigenvalue weighted by molar-refractivity contribution is 5.88. The molecule has 0 N–H and O–H groups in total. The van der Waals surface area contributed by atoms with E-state index in [1.807, 2.05) is 6.92 Å². The first-order valence-electron chi connectivity index (χ1n) is 11.9. The largest absolute Gasteiger partial charge is 0.486 e. The van der Waals surface area contributed by atoms with Gasteiger partial charge in [0.2, 0.25) is 0 Å². The van der Waals surface area contributed by atoms with Crippen LogP contribution in [0.3, 0.4) is 0 Å². The van der Waals surface area contributed by atoms with Crippen molar-refractivity contribution in [1.82, 2.24) is 15.0 Å². The Morgan fingerprint density at radius 1 is 0.722 bits per heavy atom. The van der Waals surface area contributed by atoms with Crippen LogP contribution in [0.2, 0.25) is 0 Å². The predicted molar refractivity (Wildman–Crippen MR) is 133 cm³/mol. The molecule has 0 bridgehead atoms. The summed E-state index contributed by atoms with van der Waals surface area (Å²) >= 11 is 0. The zero-order valence-corrected chi connectivity index (χ0v) is 20.7. The molecule has 3 rings (SSSR count). The molecule has 3 heterocycles. The smallest absolute Gasteiger partial charge is 0.356 e. The van der Waals surface area contributed by atoms with Crippen LogP contribution in [0.1, 0.15) is 61.0 Å². The van der Waals surface area contributed by atoms with Crippen molar-refractivity contribution in [3.8, 4) is 28.5 Å². The fourth-order valence-corrected chi connectivity index (χ4v) is 3.25. The SMILES string of the molecule is CCCCC(=O)COc1cc(-c2cccc(C(=O)OCC)n2)nc(-c2cccc(C(=O)OCC)n2)c1. The second kappa shape index (κ2) is 13.1. The van der Waals surface area contributed by atoms with Crippen LogP contribution in [-0.2, 0) is 14.3 Å². The number of ketones is 1. The number of hydrogen-bond acceptors (Lipinski definition) is 9. The van der Waals surface area contributed by atoms with Gasteiger partial charge in [0.05, 0.1) is 36.0 Å². The normalized spacial score (nSPS) is 10.5. The van der Waals surface area contributed by atoms with Crippen LogP contribution in [0, 0.1) is 0 Å². The van der Waals surface area contributed by atoms with Gasteiger partial charge in [0.15, 0.2) is 5.78 Å². The Bertz CT molecular complexity index is 1150. The van der Waals surface area contributed by atoms with Crippen LogP contribution in [0.15, 0.2) is 48.5 Å². The molecule has 0 atom stereocenters. The van der Waals surface area contributed by atoms with Crippen molar-refractivity contribution >= 4 is 17.7 Å². The van der Waals surface area contributed by atoms with Crippen molar-refractivity contribution < 1.29 is 28.6 Å². The summed E-state index contributed by atoms with van der Waals surface area (Å²) in [6.07, 6.45) is 2.15. The van der Waals surface area contributed by atoms with Gasteiger partial charge in [-0.15, -0.1) is 0 Å². The standard InChI is InChI=1S/C27H29N3O6/c1-4-7-10-18(31)17-36-19-15-24(20-11-8-13-22(28-20)26(32)34-5-2)30-25(16-19)21-12-9-14-23(29-21)27(33)35-6-3/h8-9,11-16H,4-7,10,17H2,1-3H3. The lowest BCUT2D eigenvalue weighted by Crippen LogP contribution is -2.11. The molecule has 9 nitrogen and oxygen atoms in total. The van der Waals surface area contributed by atoms with Gasteiger partial charge in [-0.3, -0.25) is 4.79 Å². The highest BCUT2D eigenvalue weighted by Crippen LogP contribution is 2.27. The van der Waals surface area contributed by atoms with Crippen LogP contribution in [0.25, 0.3) is 22.8 Å². The summed E-state index contributed by atoms with van der Waals surface area (Å²) in [5.41, 5.74) is 1.90. The molecule has 9 heteroatoms. The highest BCUT2D eigenvalue weighted by Gasteiger charge is 2.16. The predicted octanol–water partition coefficient (Wildman–Crippen LogP) is 4.70. The lowest BCUT2D eigenvalue weighted by molar-refractivity contribution is -0.121. The van der Waals surface area contributed by atoms with Crippen molar-refractivity contribution in [3.05, 3.63) is 59.9 Å². The van der Waals surface area contributed by atoms with Crippen molar-refractivity contribution in [2.24, 2.45) is 0 Å². The molecule has 0 aromatic carbocycles. The van der Waals surface area contributed by atoms with Crippen LogP contribution < -0.4 is 4.74 Å². The van der Waals surface area contributed by atoms with E-state index in [0.29, 0.717) is 34.9 Å². The van der Waals surface area contributed by atoms with Gasteiger partial charge in [-0.05, 0) is 44.5 Å². The van der Waals surface area contributed by atoms with E-state index in [1.165, 1.54) is 0 Å². The van der Waals surface area contributed by atoms with Gasteiger partial charge in [-0.2, -0.15) is 0 Å². The van der Waals surface area contributed by atoms with E-state index in [4.69, 9.17) is 14.2 Å².